The number of benzene rings is 2. The molecule has 1 aromatic heterocycles. The number of carbonyl (C=O) groups excluding carboxylic acids is 1. The fourth-order valence-corrected chi connectivity index (χ4v) is 3.21. The summed E-state index contributed by atoms with van der Waals surface area (Å²) in [5, 5.41) is 17.2. The van der Waals surface area contributed by atoms with Crippen molar-refractivity contribution in [3.05, 3.63) is 71.0 Å². The van der Waals surface area contributed by atoms with Gasteiger partial charge in [-0.05, 0) is 53.8 Å². The van der Waals surface area contributed by atoms with E-state index in [9.17, 15) is 9.82 Å². The van der Waals surface area contributed by atoms with Crippen LogP contribution in [0.2, 0.25) is 5.02 Å². The third-order valence-electron chi connectivity index (χ3n) is 4.28. The molecule has 0 atom stereocenters. The van der Waals surface area contributed by atoms with Gasteiger partial charge in [0.05, 0.1) is 16.3 Å². The predicted molar refractivity (Wildman–Crippen MR) is 100 cm³/mol. The maximum absolute atomic E-state index is 12.6. The van der Waals surface area contributed by atoms with Crippen molar-refractivity contribution in [2.24, 2.45) is 0 Å². The molecule has 1 amide bonds. The van der Waals surface area contributed by atoms with Crippen molar-refractivity contribution in [2.45, 2.75) is 6.42 Å². The van der Waals surface area contributed by atoms with Gasteiger partial charge in [0.2, 0.25) is 0 Å². The van der Waals surface area contributed by atoms with E-state index in [2.05, 4.69) is 10.4 Å². The molecule has 0 saturated carbocycles. The highest BCUT2D eigenvalue weighted by atomic mass is 35.5. The number of hydrogen-bond donors (Lipinski definition) is 2. The van der Waals surface area contributed by atoms with Crippen molar-refractivity contribution in [3.8, 4) is 5.69 Å². The van der Waals surface area contributed by atoms with Gasteiger partial charge in [-0.15, -0.1) is 0 Å². The summed E-state index contributed by atoms with van der Waals surface area (Å²) >= 11 is 6.28. The quantitative estimate of drug-likeness (QED) is 0.695. The van der Waals surface area contributed by atoms with E-state index in [0.29, 0.717) is 28.3 Å². The Morgan fingerprint density at radius 3 is 2.96 bits per heavy atom. The first kappa shape index (κ1) is 16.8. The molecule has 0 radical (unpaired) electrons. The Hall–Kier alpha value is -2.61. The highest BCUT2D eigenvalue weighted by molar-refractivity contribution is 6.61. The SMILES string of the molecule is O=C(Nc1ccc2c(c1)B(O)OCC2)c1ccc(-n2cccn2)cc1Cl. The Morgan fingerprint density at radius 2 is 2.19 bits per heavy atom. The second-order valence-corrected chi connectivity index (χ2v) is 6.36. The third kappa shape index (κ3) is 3.24. The van der Waals surface area contributed by atoms with Crippen LogP contribution >= 0.6 is 11.6 Å². The minimum atomic E-state index is -0.965. The van der Waals surface area contributed by atoms with Gasteiger partial charge in [-0.3, -0.25) is 4.79 Å². The highest BCUT2D eigenvalue weighted by Crippen LogP contribution is 2.22. The Labute approximate surface area is 155 Å². The van der Waals surface area contributed by atoms with Crippen LogP contribution in [-0.4, -0.2) is 34.4 Å². The zero-order valence-corrected chi connectivity index (χ0v) is 14.5. The Bertz CT molecular complexity index is 962. The first-order valence-corrected chi connectivity index (χ1v) is 8.53. The van der Waals surface area contributed by atoms with Crippen molar-refractivity contribution in [1.29, 1.82) is 0 Å². The zero-order chi connectivity index (χ0) is 18.1. The molecule has 8 heteroatoms. The molecule has 26 heavy (non-hydrogen) atoms. The number of nitrogens with one attached hydrogen (secondary N) is 1. The van der Waals surface area contributed by atoms with Crippen LogP contribution in [-0.2, 0) is 11.1 Å². The number of amides is 1. The van der Waals surface area contributed by atoms with Crippen molar-refractivity contribution in [1.82, 2.24) is 9.78 Å². The molecule has 130 valence electrons. The van der Waals surface area contributed by atoms with E-state index < -0.39 is 7.12 Å². The molecule has 2 N–H and O–H groups in total. The summed E-state index contributed by atoms with van der Waals surface area (Å²) in [6.07, 6.45) is 4.20. The first-order chi connectivity index (χ1) is 12.6. The lowest BCUT2D eigenvalue weighted by Crippen LogP contribution is -2.41. The summed E-state index contributed by atoms with van der Waals surface area (Å²) in [5.41, 5.74) is 3.39. The van der Waals surface area contributed by atoms with Crippen molar-refractivity contribution < 1.29 is 14.5 Å². The molecule has 0 bridgehead atoms. The molecule has 2 heterocycles. The van der Waals surface area contributed by atoms with Gasteiger partial charge in [0.15, 0.2) is 0 Å². The maximum atomic E-state index is 12.6. The number of halogens is 1. The largest absolute Gasteiger partial charge is 0.491 e. The van der Waals surface area contributed by atoms with Crippen LogP contribution in [0.15, 0.2) is 54.9 Å². The van der Waals surface area contributed by atoms with Gasteiger partial charge in [-0.2, -0.15) is 5.10 Å². The number of rotatable bonds is 3. The Kier molecular flexibility index (Phi) is 4.50. The van der Waals surface area contributed by atoms with E-state index in [1.165, 1.54) is 0 Å². The number of anilines is 1. The molecule has 2 aromatic carbocycles. The summed E-state index contributed by atoms with van der Waals surface area (Å²) in [6.45, 7) is 0.484. The highest BCUT2D eigenvalue weighted by Gasteiger charge is 2.25. The molecule has 0 saturated heterocycles. The van der Waals surface area contributed by atoms with Crippen LogP contribution in [0.3, 0.4) is 0 Å². The van der Waals surface area contributed by atoms with Crippen molar-refractivity contribution in [3.63, 3.8) is 0 Å². The van der Waals surface area contributed by atoms with Crippen LogP contribution in [0.25, 0.3) is 5.69 Å². The van der Waals surface area contributed by atoms with Gasteiger partial charge >= 0.3 is 7.12 Å². The second-order valence-electron chi connectivity index (χ2n) is 5.96. The van der Waals surface area contributed by atoms with E-state index >= 15 is 0 Å². The molecule has 0 spiro atoms. The fourth-order valence-electron chi connectivity index (χ4n) is 2.95. The van der Waals surface area contributed by atoms with Crippen LogP contribution in [0, 0.1) is 0 Å². The molecular weight excluding hydrogens is 352 g/mol. The smallest absolute Gasteiger partial charge is 0.423 e. The Balaban J connectivity index is 1.56. The number of hydrogen-bond acceptors (Lipinski definition) is 4. The monoisotopic (exact) mass is 367 g/mol. The lowest BCUT2D eigenvalue weighted by molar-refractivity contribution is 0.102. The van der Waals surface area contributed by atoms with Gasteiger partial charge in [0.1, 0.15) is 0 Å². The Morgan fingerprint density at radius 1 is 1.31 bits per heavy atom. The molecule has 0 unspecified atom stereocenters. The maximum Gasteiger partial charge on any atom is 0.491 e. The summed E-state index contributed by atoms with van der Waals surface area (Å²) in [5.74, 6) is -0.326. The lowest BCUT2D eigenvalue weighted by Gasteiger charge is -2.20. The molecule has 1 aliphatic rings. The molecule has 0 fully saturated rings. The van der Waals surface area contributed by atoms with Gasteiger partial charge in [-0.1, -0.05) is 17.7 Å². The van der Waals surface area contributed by atoms with Crippen LogP contribution in [0.5, 0.6) is 0 Å². The van der Waals surface area contributed by atoms with E-state index in [1.807, 2.05) is 12.1 Å². The molecule has 3 aromatic rings. The van der Waals surface area contributed by atoms with Crippen molar-refractivity contribution in [2.75, 3.05) is 11.9 Å². The number of carbonyl (C=O) groups is 1. The van der Waals surface area contributed by atoms with Gasteiger partial charge in [0, 0.05) is 24.7 Å². The van der Waals surface area contributed by atoms with Crippen LogP contribution in [0.4, 0.5) is 5.69 Å². The van der Waals surface area contributed by atoms with Crippen molar-refractivity contribution >= 4 is 35.8 Å². The zero-order valence-electron chi connectivity index (χ0n) is 13.7. The van der Waals surface area contributed by atoms with E-state index in [4.69, 9.17) is 16.3 Å². The van der Waals surface area contributed by atoms with E-state index in [1.54, 1.807) is 47.4 Å². The molecule has 4 rings (SSSR count). The minimum Gasteiger partial charge on any atom is -0.423 e. The van der Waals surface area contributed by atoms with Crippen LogP contribution in [0.1, 0.15) is 15.9 Å². The normalized spacial score (nSPS) is 13.4. The number of aromatic nitrogens is 2. The average molecular weight is 368 g/mol. The second kappa shape index (κ2) is 6.95. The molecule has 0 aliphatic carbocycles. The molecule has 6 nitrogen and oxygen atoms in total. The third-order valence-corrected chi connectivity index (χ3v) is 4.60. The summed E-state index contributed by atoms with van der Waals surface area (Å²) in [6, 6.07) is 12.4. The molecular formula is C18H15BClN3O3. The summed E-state index contributed by atoms with van der Waals surface area (Å²) in [4.78, 5) is 12.6. The lowest BCUT2D eigenvalue weighted by atomic mass is 9.73. The van der Waals surface area contributed by atoms with Gasteiger partial charge in [0.25, 0.3) is 5.91 Å². The standard InChI is InChI=1S/C18H15BClN3O3/c20-17-11-14(23-8-1-7-21-23)4-5-15(17)18(24)22-13-3-2-12-6-9-26-19(25)16(12)10-13/h1-5,7-8,10-11,25H,6,9H2,(H,22,24). The van der Waals surface area contributed by atoms with Gasteiger partial charge in [-0.25, -0.2) is 4.68 Å². The first-order valence-electron chi connectivity index (χ1n) is 8.15. The van der Waals surface area contributed by atoms with Gasteiger partial charge < -0.3 is 15.0 Å². The van der Waals surface area contributed by atoms with Crippen LogP contribution < -0.4 is 10.8 Å². The number of fused-ring (bicyclic) bond motifs is 1. The van der Waals surface area contributed by atoms with E-state index in [-0.39, 0.29) is 5.91 Å². The van der Waals surface area contributed by atoms with E-state index in [0.717, 1.165) is 17.7 Å². The average Bonchev–Trinajstić information content (AvgIpc) is 3.17. The summed E-state index contributed by atoms with van der Waals surface area (Å²) < 4.78 is 6.90. The summed E-state index contributed by atoms with van der Waals surface area (Å²) in [7, 11) is -0.965. The predicted octanol–water partition coefficient (Wildman–Crippen LogP) is 2.04. The number of nitrogens with zero attached hydrogens (tertiary/aromatic N) is 2. The minimum absolute atomic E-state index is 0.326. The molecule has 1 aliphatic heterocycles. The topological polar surface area (TPSA) is 76.4 Å². The fraction of sp³-hybridized carbons (Fsp3) is 0.111.